The fourth-order valence-corrected chi connectivity index (χ4v) is 3.71. The third-order valence-corrected chi connectivity index (χ3v) is 5.46. The topological polar surface area (TPSA) is 78.5 Å². The van der Waals surface area contributed by atoms with Gasteiger partial charge in [0, 0.05) is 6.04 Å². The number of nitrogens with one attached hydrogen (secondary N) is 2. The molecule has 30 heavy (non-hydrogen) atoms. The molecule has 2 aromatic carbocycles. The van der Waals surface area contributed by atoms with E-state index in [1.165, 1.54) is 29.8 Å². The maximum Gasteiger partial charge on any atom is 0.325 e. The molecular weight excluding hydrogens is 385 g/mol. The Morgan fingerprint density at radius 3 is 2.43 bits per heavy atom. The molecule has 0 aliphatic carbocycles. The van der Waals surface area contributed by atoms with Gasteiger partial charge in [0.2, 0.25) is 5.91 Å². The van der Waals surface area contributed by atoms with Crippen molar-refractivity contribution >= 4 is 17.8 Å². The molecule has 158 valence electrons. The number of rotatable bonds is 8. The smallest absolute Gasteiger partial charge is 0.325 e. The fourth-order valence-electron chi connectivity index (χ4n) is 3.71. The molecule has 0 aromatic heterocycles. The van der Waals surface area contributed by atoms with Crippen LogP contribution in [0.3, 0.4) is 0 Å². The number of carbonyl (C=O) groups excluding carboxylic acids is 3. The van der Waals surface area contributed by atoms with Crippen LogP contribution in [0.15, 0.2) is 54.6 Å². The Bertz CT molecular complexity index is 917. The number of aryl methyl sites for hydroxylation is 1. The molecule has 2 atom stereocenters. The molecule has 1 aliphatic rings. The predicted octanol–water partition coefficient (Wildman–Crippen LogP) is 3.12. The minimum atomic E-state index is -1.29. The summed E-state index contributed by atoms with van der Waals surface area (Å²) < 4.78 is 13.3. The number of hydrogen-bond donors (Lipinski definition) is 2. The summed E-state index contributed by atoms with van der Waals surface area (Å²) in [7, 11) is 0. The molecule has 4 amide bonds. The van der Waals surface area contributed by atoms with Crippen LogP contribution in [-0.4, -0.2) is 35.3 Å². The van der Waals surface area contributed by atoms with Gasteiger partial charge >= 0.3 is 6.03 Å². The minimum absolute atomic E-state index is 0.105. The lowest BCUT2D eigenvalue weighted by molar-refractivity contribution is -0.135. The Morgan fingerprint density at radius 2 is 1.80 bits per heavy atom. The molecule has 2 N–H and O–H groups in total. The molecule has 0 unspecified atom stereocenters. The second-order valence-electron chi connectivity index (χ2n) is 7.58. The van der Waals surface area contributed by atoms with Crippen molar-refractivity contribution < 1.29 is 18.8 Å². The van der Waals surface area contributed by atoms with Crippen molar-refractivity contribution in [1.82, 2.24) is 15.5 Å². The molecule has 1 saturated heterocycles. The third kappa shape index (κ3) is 4.50. The van der Waals surface area contributed by atoms with Crippen molar-refractivity contribution in [2.45, 2.75) is 44.7 Å². The van der Waals surface area contributed by atoms with Gasteiger partial charge in [-0.3, -0.25) is 14.5 Å². The Balaban J connectivity index is 1.61. The predicted molar refractivity (Wildman–Crippen MR) is 111 cm³/mol. The first-order valence-electron chi connectivity index (χ1n) is 10.1. The van der Waals surface area contributed by atoms with E-state index < -0.39 is 29.2 Å². The molecule has 0 spiro atoms. The van der Waals surface area contributed by atoms with Crippen molar-refractivity contribution in [3.8, 4) is 0 Å². The molecule has 0 radical (unpaired) electrons. The molecule has 1 fully saturated rings. The van der Waals surface area contributed by atoms with Gasteiger partial charge in [-0.15, -0.1) is 0 Å². The van der Waals surface area contributed by atoms with Gasteiger partial charge in [0.05, 0.1) is 0 Å². The van der Waals surface area contributed by atoms with E-state index in [2.05, 4.69) is 10.6 Å². The standard InChI is InChI=1S/C23H26FN3O3/c1-3-23(18-11-13-19(24)14-12-18)21(29)27(22(30)26-23)15-20(28)25-16(2)9-10-17-7-5-4-6-8-17/h4-8,11-14,16H,3,9-10,15H2,1-2H3,(H,25,28)(H,26,30)/t16-,23+/m0/s1. The van der Waals surface area contributed by atoms with Crippen molar-refractivity contribution in [1.29, 1.82) is 0 Å². The zero-order valence-corrected chi connectivity index (χ0v) is 17.2. The Morgan fingerprint density at radius 1 is 1.13 bits per heavy atom. The first-order valence-corrected chi connectivity index (χ1v) is 10.1. The highest BCUT2D eigenvalue weighted by molar-refractivity contribution is 6.09. The first-order chi connectivity index (χ1) is 14.4. The maximum absolute atomic E-state index is 13.3. The zero-order valence-electron chi connectivity index (χ0n) is 17.2. The third-order valence-electron chi connectivity index (χ3n) is 5.46. The monoisotopic (exact) mass is 411 g/mol. The second-order valence-corrected chi connectivity index (χ2v) is 7.58. The molecule has 7 heteroatoms. The van der Waals surface area contributed by atoms with Crippen LogP contribution in [0.25, 0.3) is 0 Å². The normalized spacial score (nSPS) is 19.5. The summed E-state index contributed by atoms with van der Waals surface area (Å²) in [5.41, 5.74) is 0.382. The van der Waals surface area contributed by atoms with Crippen LogP contribution in [0.2, 0.25) is 0 Å². The van der Waals surface area contributed by atoms with Crippen LogP contribution in [0, 0.1) is 5.82 Å². The van der Waals surface area contributed by atoms with Gasteiger partial charge < -0.3 is 10.6 Å². The van der Waals surface area contributed by atoms with Crippen molar-refractivity contribution in [2.75, 3.05) is 6.54 Å². The molecule has 0 saturated carbocycles. The number of hydrogen-bond acceptors (Lipinski definition) is 3. The fraction of sp³-hybridized carbons (Fsp3) is 0.348. The lowest BCUT2D eigenvalue weighted by atomic mass is 9.87. The van der Waals surface area contributed by atoms with Gasteiger partial charge in [-0.2, -0.15) is 0 Å². The Hall–Kier alpha value is -3.22. The molecular formula is C23H26FN3O3. The highest BCUT2D eigenvalue weighted by atomic mass is 19.1. The largest absolute Gasteiger partial charge is 0.352 e. The number of urea groups is 1. The molecule has 2 aromatic rings. The van der Waals surface area contributed by atoms with Gasteiger partial charge in [0.25, 0.3) is 5.91 Å². The second kappa shape index (κ2) is 9.07. The van der Waals surface area contributed by atoms with Crippen LogP contribution in [0.5, 0.6) is 0 Å². The quantitative estimate of drug-likeness (QED) is 0.655. The Labute approximate surface area is 175 Å². The van der Waals surface area contributed by atoms with Crippen molar-refractivity contribution in [3.05, 3.63) is 71.5 Å². The molecule has 3 rings (SSSR count). The average molecular weight is 411 g/mol. The summed E-state index contributed by atoms with van der Waals surface area (Å²) in [6.07, 6.45) is 1.84. The number of halogens is 1. The van der Waals surface area contributed by atoms with Gasteiger partial charge in [-0.1, -0.05) is 49.4 Å². The van der Waals surface area contributed by atoms with Crippen molar-refractivity contribution in [3.63, 3.8) is 0 Å². The Kier molecular flexibility index (Phi) is 6.50. The van der Waals surface area contributed by atoms with E-state index in [1.807, 2.05) is 37.3 Å². The summed E-state index contributed by atoms with van der Waals surface area (Å²) in [5.74, 6) is -1.33. The van der Waals surface area contributed by atoms with E-state index in [9.17, 15) is 18.8 Å². The minimum Gasteiger partial charge on any atom is -0.352 e. The van der Waals surface area contributed by atoms with Gasteiger partial charge in [-0.25, -0.2) is 9.18 Å². The number of amides is 4. The lowest BCUT2D eigenvalue weighted by Crippen LogP contribution is -2.46. The summed E-state index contributed by atoms with van der Waals surface area (Å²) >= 11 is 0. The van der Waals surface area contributed by atoms with Gasteiger partial charge in [0.15, 0.2) is 0 Å². The van der Waals surface area contributed by atoms with Crippen LogP contribution in [-0.2, 0) is 21.5 Å². The number of nitrogens with zero attached hydrogens (tertiary/aromatic N) is 1. The number of benzene rings is 2. The highest BCUT2D eigenvalue weighted by Crippen LogP contribution is 2.32. The van der Waals surface area contributed by atoms with E-state index in [0.717, 1.165) is 17.7 Å². The zero-order chi connectivity index (χ0) is 21.7. The van der Waals surface area contributed by atoms with Crippen molar-refractivity contribution in [2.24, 2.45) is 0 Å². The summed E-state index contributed by atoms with van der Waals surface area (Å²) in [6.45, 7) is 3.29. The summed E-state index contributed by atoms with van der Waals surface area (Å²) in [4.78, 5) is 38.9. The molecule has 1 aliphatic heterocycles. The number of carbonyl (C=O) groups is 3. The molecule has 6 nitrogen and oxygen atoms in total. The molecule has 0 bridgehead atoms. The van der Waals surface area contributed by atoms with Crippen LogP contribution < -0.4 is 10.6 Å². The summed E-state index contributed by atoms with van der Waals surface area (Å²) in [6, 6.07) is 14.7. The van der Waals surface area contributed by atoms with E-state index in [4.69, 9.17) is 0 Å². The SMILES string of the molecule is CC[C@]1(c2ccc(F)cc2)NC(=O)N(CC(=O)N[C@@H](C)CCc2ccccc2)C1=O. The van der Waals surface area contributed by atoms with Gasteiger partial charge in [-0.05, 0) is 49.4 Å². The first kappa shape index (κ1) is 21.5. The van der Waals surface area contributed by atoms with Crippen LogP contribution in [0.1, 0.15) is 37.8 Å². The van der Waals surface area contributed by atoms with E-state index in [1.54, 1.807) is 6.92 Å². The van der Waals surface area contributed by atoms with Crippen LogP contribution >= 0.6 is 0 Å². The van der Waals surface area contributed by atoms with Gasteiger partial charge in [0.1, 0.15) is 17.9 Å². The summed E-state index contributed by atoms with van der Waals surface area (Å²) in [5, 5.41) is 5.54. The van der Waals surface area contributed by atoms with E-state index >= 15 is 0 Å². The average Bonchev–Trinajstić information content (AvgIpc) is 2.98. The van der Waals surface area contributed by atoms with E-state index in [-0.39, 0.29) is 19.0 Å². The van der Waals surface area contributed by atoms with Crippen LogP contribution in [0.4, 0.5) is 9.18 Å². The lowest BCUT2D eigenvalue weighted by Gasteiger charge is -2.25. The van der Waals surface area contributed by atoms with E-state index in [0.29, 0.717) is 5.56 Å². The molecule has 1 heterocycles. The highest BCUT2D eigenvalue weighted by Gasteiger charge is 2.51. The maximum atomic E-state index is 13.3. The number of imide groups is 1.